The van der Waals surface area contributed by atoms with Crippen molar-refractivity contribution in [3.63, 3.8) is 0 Å². The molecular formula is C12H19BrN2OS. The van der Waals surface area contributed by atoms with Crippen molar-refractivity contribution in [3.8, 4) is 0 Å². The van der Waals surface area contributed by atoms with E-state index in [0.717, 1.165) is 46.8 Å². The molecule has 0 saturated heterocycles. The van der Waals surface area contributed by atoms with Crippen molar-refractivity contribution in [1.82, 2.24) is 9.88 Å². The molecule has 1 aromatic rings. The van der Waals surface area contributed by atoms with Crippen LogP contribution >= 0.6 is 27.3 Å². The van der Waals surface area contributed by atoms with Gasteiger partial charge in [-0.1, -0.05) is 29.3 Å². The molecule has 0 aliphatic carbocycles. The van der Waals surface area contributed by atoms with Gasteiger partial charge in [-0.05, 0) is 20.3 Å². The molecule has 1 amide bonds. The number of thiazole rings is 1. The number of nitrogens with zero attached hydrogens (tertiary/aromatic N) is 2. The van der Waals surface area contributed by atoms with Crippen LogP contribution in [0.1, 0.15) is 40.1 Å². The molecule has 3 nitrogen and oxygen atoms in total. The number of hydrogen-bond acceptors (Lipinski definition) is 3. The lowest BCUT2D eigenvalue weighted by Crippen LogP contribution is -2.33. The van der Waals surface area contributed by atoms with Crippen LogP contribution in [-0.4, -0.2) is 34.2 Å². The minimum Gasteiger partial charge on any atom is -0.337 e. The maximum absolute atomic E-state index is 12.4. The third-order valence-corrected chi connectivity index (χ3v) is 3.94. The highest BCUT2D eigenvalue weighted by atomic mass is 79.9. The van der Waals surface area contributed by atoms with Gasteiger partial charge in [-0.15, -0.1) is 11.3 Å². The molecule has 5 heteroatoms. The fraction of sp³-hybridized carbons (Fsp3) is 0.667. The molecule has 0 saturated carbocycles. The van der Waals surface area contributed by atoms with E-state index in [4.69, 9.17) is 0 Å². The molecule has 0 aliphatic rings. The fourth-order valence-electron chi connectivity index (χ4n) is 1.64. The quantitative estimate of drug-likeness (QED) is 0.753. The fourth-order valence-corrected chi connectivity index (χ4v) is 2.96. The highest BCUT2D eigenvalue weighted by molar-refractivity contribution is 9.09. The summed E-state index contributed by atoms with van der Waals surface area (Å²) in [6.07, 6.45) is 2.16. The Hall–Kier alpha value is -0.420. The normalized spacial score (nSPS) is 10.6. The van der Waals surface area contributed by atoms with E-state index in [0.29, 0.717) is 0 Å². The maximum atomic E-state index is 12.4. The van der Waals surface area contributed by atoms with Gasteiger partial charge in [0, 0.05) is 18.4 Å². The van der Waals surface area contributed by atoms with Crippen LogP contribution in [0.3, 0.4) is 0 Å². The molecule has 0 spiro atoms. The number of rotatable bonds is 6. The molecule has 0 fully saturated rings. The zero-order chi connectivity index (χ0) is 12.8. The predicted molar refractivity (Wildman–Crippen MR) is 76.2 cm³/mol. The Kier molecular flexibility index (Phi) is 6.12. The van der Waals surface area contributed by atoms with Crippen LogP contribution in [-0.2, 0) is 0 Å². The molecule has 1 heterocycles. The molecule has 17 heavy (non-hydrogen) atoms. The first-order chi connectivity index (χ1) is 8.10. The Bertz CT molecular complexity index is 379. The number of carbonyl (C=O) groups is 1. The third kappa shape index (κ3) is 4.07. The number of aromatic nitrogens is 1. The highest BCUT2D eigenvalue weighted by Crippen LogP contribution is 2.19. The summed E-state index contributed by atoms with van der Waals surface area (Å²) in [6, 6.07) is 0. The number of alkyl halides is 1. The number of halogens is 1. The topological polar surface area (TPSA) is 33.2 Å². The van der Waals surface area contributed by atoms with Gasteiger partial charge >= 0.3 is 0 Å². The lowest BCUT2D eigenvalue weighted by atomic mass is 10.3. The molecule has 96 valence electrons. The van der Waals surface area contributed by atoms with Crippen molar-refractivity contribution in [3.05, 3.63) is 15.6 Å². The third-order valence-electron chi connectivity index (χ3n) is 2.52. The first-order valence-electron chi connectivity index (χ1n) is 5.89. The zero-order valence-electron chi connectivity index (χ0n) is 10.6. The summed E-state index contributed by atoms with van der Waals surface area (Å²) in [4.78, 5) is 19.4. The summed E-state index contributed by atoms with van der Waals surface area (Å²) in [7, 11) is 0. The van der Waals surface area contributed by atoms with E-state index in [2.05, 4.69) is 27.8 Å². The van der Waals surface area contributed by atoms with Crippen LogP contribution in [0.25, 0.3) is 0 Å². The van der Waals surface area contributed by atoms with Gasteiger partial charge < -0.3 is 4.90 Å². The predicted octanol–water partition coefficient (Wildman–Crippen LogP) is 3.40. The average molecular weight is 319 g/mol. The standard InChI is InChI=1S/C12H19BrN2OS/c1-4-5-7-15(8-6-13)12(16)11-9(2)14-10(3)17-11/h4-8H2,1-3H3. The monoisotopic (exact) mass is 318 g/mol. The number of hydrogen-bond donors (Lipinski definition) is 0. The van der Waals surface area contributed by atoms with Gasteiger partial charge in [-0.3, -0.25) is 4.79 Å². The molecule has 0 N–H and O–H groups in total. The molecule has 0 bridgehead atoms. The van der Waals surface area contributed by atoms with Gasteiger partial charge in [0.1, 0.15) is 4.88 Å². The van der Waals surface area contributed by atoms with Crippen LogP contribution in [0.2, 0.25) is 0 Å². The first kappa shape index (κ1) is 14.6. The van der Waals surface area contributed by atoms with Crippen molar-refractivity contribution < 1.29 is 4.79 Å². The number of unbranched alkanes of at least 4 members (excludes halogenated alkanes) is 1. The number of amides is 1. The molecule has 0 aromatic carbocycles. The van der Waals surface area contributed by atoms with E-state index >= 15 is 0 Å². The molecule has 1 rings (SSSR count). The van der Waals surface area contributed by atoms with Crippen LogP contribution in [0, 0.1) is 13.8 Å². The van der Waals surface area contributed by atoms with Gasteiger partial charge in [0.15, 0.2) is 0 Å². The Morgan fingerprint density at radius 2 is 2.12 bits per heavy atom. The SMILES string of the molecule is CCCCN(CCBr)C(=O)c1sc(C)nc1C. The van der Waals surface area contributed by atoms with Gasteiger partial charge in [-0.25, -0.2) is 4.98 Å². The van der Waals surface area contributed by atoms with E-state index in [1.54, 1.807) is 0 Å². The van der Waals surface area contributed by atoms with Crippen molar-refractivity contribution in [1.29, 1.82) is 0 Å². The largest absolute Gasteiger partial charge is 0.337 e. The summed E-state index contributed by atoms with van der Waals surface area (Å²) in [6.45, 7) is 7.57. The molecule has 0 radical (unpaired) electrons. The maximum Gasteiger partial charge on any atom is 0.265 e. The second-order valence-electron chi connectivity index (χ2n) is 3.98. The molecule has 0 aliphatic heterocycles. The minimum absolute atomic E-state index is 0.126. The van der Waals surface area contributed by atoms with E-state index in [-0.39, 0.29) is 5.91 Å². The van der Waals surface area contributed by atoms with Gasteiger partial charge in [0.05, 0.1) is 10.7 Å². The minimum atomic E-state index is 0.126. The van der Waals surface area contributed by atoms with Crippen molar-refractivity contribution in [2.24, 2.45) is 0 Å². The van der Waals surface area contributed by atoms with E-state index in [1.165, 1.54) is 11.3 Å². The Morgan fingerprint density at radius 3 is 2.59 bits per heavy atom. The van der Waals surface area contributed by atoms with Gasteiger partial charge in [-0.2, -0.15) is 0 Å². The summed E-state index contributed by atoms with van der Waals surface area (Å²) in [5.41, 5.74) is 0.855. The lowest BCUT2D eigenvalue weighted by molar-refractivity contribution is 0.0768. The molecule has 1 aromatic heterocycles. The van der Waals surface area contributed by atoms with Crippen LogP contribution in [0.15, 0.2) is 0 Å². The zero-order valence-corrected chi connectivity index (χ0v) is 13.0. The lowest BCUT2D eigenvalue weighted by Gasteiger charge is -2.20. The Balaban J connectivity index is 2.79. The van der Waals surface area contributed by atoms with Crippen LogP contribution < -0.4 is 0 Å². The average Bonchev–Trinajstić information content (AvgIpc) is 2.63. The Labute approximate surface area is 115 Å². The summed E-state index contributed by atoms with van der Waals surface area (Å²) in [5.74, 6) is 0.126. The van der Waals surface area contributed by atoms with Gasteiger partial charge in [0.2, 0.25) is 0 Å². The van der Waals surface area contributed by atoms with Crippen molar-refractivity contribution in [2.45, 2.75) is 33.6 Å². The first-order valence-corrected chi connectivity index (χ1v) is 7.83. The molecule has 0 unspecified atom stereocenters. The number of carbonyl (C=O) groups excluding carboxylic acids is 1. The van der Waals surface area contributed by atoms with Crippen LogP contribution in [0.5, 0.6) is 0 Å². The van der Waals surface area contributed by atoms with Crippen molar-refractivity contribution >= 4 is 33.2 Å². The Morgan fingerprint density at radius 1 is 1.41 bits per heavy atom. The second kappa shape index (κ2) is 7.11. The van der Waals surface area contributed by atoms with Gasteiger partial charge in [0.25, 0.3) is 5.91 Å². The van der Waals surface area contributed by atoms with E-state index in [9.17, 15) is 4.79 Å². The summed E-state index contributed by atoms with van der Waals surface area (Å²) in [5, 5.41) is 1.78. The molecular weight excluding hydrogens is 300 g/mol. The second-order valence-corrected chi connectivity index (χ2v) is 5.98. The van der Waals surface area contributed by atoms with E-state index < -0.39 is 0 Å². The summed E-state index contributed by atoms with van der Waals surface area (Å²) < 4.78 is 0. The molecule has 0 atom stereocenters. The highest BCUT2D eigenvalue weighted by Gasteiger charge is 2.19. The number of aryl methyl sites for hydroxylation is 2. The van der Waals surface area contributed by atoms with Crippen LogP contribution in [0.4, 0.5) is 0 Å². The van der Waals surface area contributed by atoms with E-state index in [1.807, 2.05) is 18.7 Å². The smallest absolute Gasteiger partial charge is 0.265 e. The summed E-state index contributed by atoms with van der Waals surface area (Å²) >= 11 is 4.89. The van der Waals surface area contributed by atoms with Crippen molar-refractivity contribution in [2.75, 3.05) is 18.4 Å².